The molecule has 2 heterocycles. The fourth-order valence-corrected chi connectivity index (χ4v) is 5.56. The van der Waals surface area contributed by atoms with E-state index in [1.807, 2.05) is 6.07 Å². The maximum Gasteiger partial charge on any atom is 0.404 e. The molecule has 0 spiro atoms. The second-order valence-electron chi connectivity index (χ2n) is 10.8. The number of rotatable bonds is 8. The lowest BCUT2D eigenvalue weighted by Crippen LogP contribution is -2.39. The molecule has 2 amide bonds. The number of carbonyl (C=O) groups is 3. The fourth-order valence-electron chi connectivity index (χ4n) is 5.56. The van der Waals surface area contributed by atoms with Gasteiger partial charge in [0.15, 0.2) is 11.4 Å². The van der Waals surface area contributed by atoms with Gasteiger partial charge in [-0.05, 0) is 73.7 Å². The van der Waals surface area contributed by atoms with Crippen LogP contribution in [0.25, 0.3) is 5.65 Å². The summed E-state index contributed by atoms with van der Waals surface area (Å²) >= 11 is 0. The van der Waals surface area contributed by atoms with Crippen LogP contribution < -0.4 is 21.3 Å². The highest BCUT2D eigenvalue weighted by molar-refractivity contribution is 6.26. The number of carbonyl (C=O) groups excluding carboxylic acids is 2. The Bertz CT molecular complexity index is 1760. The van der Waals surface area contributed by atoms with Crippen molar-refractivity contribution in [1.29, 1.82) is 0 Å². The molecule has 4 aromatic rings. The molecule has 1 atom stereocenters. The predicted molar refractivity (Wildman–Crippen MR) is 164 cm³/mol. The topological polar surface area (TPSA) is 150 Å². The molecule has 1 fully saturated rings. The van der Waals surface area contributed by atoms with Crippen molar-refractivity contribution in [3.63, 3.8) is 0 Å². The molecule has 2 aliphatic carbocycles. The third kappa shape index (κ3) is 6.43. The van der Waals surface area contributed by atoms with Crippen molar-refractivity contribution in [2.24, 2.45) is 0 Å². The van der Waals surface area contributed by atoms with Gasteiger partial charge in [0.1, 0.15) is 11.6 Å². The minimum Gasteiger partial charge on any atom is -0.465 e. The molecule has 2 aromatic carbocycles. The first-order valence-electron chi connectivity index (χ1n) is 14.3. The van der Waals surface area contributed by atoms with E-state index in [2.05, 4.69) is 31.3 Å². The largest absolute Gasteiger partial charge is 0.465 e. The van der Waals surface area contributed by atoms with Gasteiger partial charge < -0.3 is 26.4 Å². The van der Waals surface area contributed by atoms with Gasteiger partial charge in [0.25, 0.3) is 5.91 Å². The van der Waals surface area contributed by atoms with Crippen LogP contribution in [0, 0.1) is 5.82 Å². The molecule has 0 aliphatic heterocycles. The lowest BCUT2D eigenvalue weighted by Gasteiger charge is -2.29. The number of ketones is 1. The Morgan fingerprint density at radius 1 is 0.955 bits per heavy atom. The minimum absolute atomic E-state index is 0.0224. The summed E-state index contributed by atoms with van der Waals surface area (Å²) in [5.41, 5.74) is 3.25. The van der Waals surface area contributed by atoms with Gasteiger partial charge in [0.2, 0.25) is 0 Å². The summed E-state index contributed by atoms with van der Waals surface area (Å²) in [6.45, 7) is 0. The third-order valence-corrected chi connectivity index (χ3v) is 7.78. The number of hydrogen-bond acceptors (Lipinski definition) is 7. The van der Waals surface area contributed by atoms with Gasteiger partial charge in [-0.1, -0.05) is 24.3 Å². The van der Waals surface area contributed by atoms with Crippen molar-refractivity contribution in [3.8, 4) is 0 Å². The molecule has 11 nitrogen and oxygen atoms in total. The Morgan fingerprint density at radius 3 is 2.39 bits per heavy atom. The molecule has 0 bridgehead atoms. The van der Waals surface area contributed by atoms with Gasteiger partial charge in [0.05, 0.1) is 17.2 Å². The highest BCUT2D eigenvalue weighted by Crippen LogP contribution is 2.29. The van der Waals surface area contributed by atoms with Crippen LogP contribution in [0.1, 0.15) is 37.2 Å². The van der Waals surface area contributed by atoms with E-state index in [0.29, 0.717) is 22.7 Å². The summed E-state index contributed by atoms with van der Waals surface area (Å²) in [4.78, 5) is 41.4. The molecular weight excluding hydrogens is 565 g/mol. The van der Waals surface area contributed by atoms with E-state index in [1.165, 1.54) is 18.2 Å². The first-order chi connectivity index (χ1) is 21.3. The van der Waals surface area contributed by atoms with Gasteiger partial charge in [-0.2, -0.15) is 0 Å². The lowest BCUT2D eigenvalue weighted by atomic mass is 9.86. The average Bonchev–Trinajstić information content (AvgIpc) is 3.49. The van der Waals surface area contributed by atoms with E-state index in [4.69, 9.17) is 5.11 Å². The number of benzene rings is 2. The Labute approximate surface area is 251 Å². The summed E-state index contributed by atoms with van der Waals surface area (Å²) in [7, 11) is 0. The van der Waals surface area contributed by atoms with Crippen LogP contribution in [0.2, 0.25) is 0 Å². The summed E-state index contributed by atoms with van der Waals surface area (Å²) in [6, 6.07) is 14.7. The van der Waals surface area contributed by atoms with E-state index in [-0.39, 0.29) is 23.4 Å². The Balaban J connectivity index is 1.10. The standard InChI is InChI=1S/C32H30FN7O4/c33-20-6-4-19(5-7-20)25-2-1-3-26(29(25)41)31(42)37-23-12-8-21(9-13-23)35-27-18-28(39-40-17-16-34-30(27)40)36-22-10-14-24(15-11-22)38-32(43)44/h1-9,12-13,16-18,22,24-25,35,38H,10-11,14-15H2,(H,36,39)(H,37,42)(H,43,44)/t22-,24-,25?. The van der Waals surface area contributed by atoms with E-state index < -0.39 is 23.7 Å². The molecule has 0 saturated heterocycles. The van der Waals surface area contributed by atoms with Gasteiger partial charge >= 0.3 is 6.09 Å². The Morgan fingerprint density at radius 2 is 1.66 bits per heavy atom. The number of nitrogens with zero attached hydrogens (tertiary/aromatic N) is 3. The first-order valence-corrected chi connectivity index (χ1v) is 14.3. The van der Waals surface area contributed by atoms with Crippen LogP contribution in [0.4, 0.5) is 32.1 Å². The molecule has 1 saturated carbocycles. The molecule has 0 radical (unpaired) electrons. The van der Waals surface area contributed by atoms with Crippen LogP contribution >= 0.6 is 0 Å². The maximum atomic E-state index is 13.3. The van der Waals surface area contributed by atoms with Crippen molar-refractivity contribution >= 4 is 46.3 Å². The maximum absolute atomic E-state index is 13.3. The van der Waals surface area contributed by atoms with Gasteiger partial charge in [-0.15, -0.1) is 5.10 Å². The monoisotopic (exact) mass is 595 g/mol. The Kier molecular flexibility index (Phi) is 8.04. The number of imidazole rings is 1. The van der Waals surface area contributed by atoms with Crippen LogP contribution in [-0.4, -0.2) is 49.6 Å². The van der Waals surface area contributed by atoms with Crippen molar-refractivity contribution in [1.82, 2.24) is 19.9 Å². The van der Waals surface area contributed by atoms with Gasteiger partial charge in [0, 0.05) is 41.9 Å². The smallest absolute Gasteiger partial charge is 0.404 e. The summed E-state index contributed by atoms with van der Waals surface area (Å²) in [5.74, 6) is -1.27. The number of fused-ring (bicyclic) bond motifs is 1. The van der Waals surface area contributed by atoms with E-state index >= 15 is 0 Å². The number of carboxylic acid groups (broad SMARTS) is 1. The van der Waals surface area contributed by atoms with Crippen molar-refractivity contribution in [2.45, 2.75) is 43.7 Å². The number of nitrogens with one attached hydrogen (secondary N) is 4. The molecule has 5 N–H and O–H groups in total. The number of anilines is 4. The van der Waals surface area contributed by atoms with Crippen LogP contribution in [0.5, 0.6) is 0 Å². The van der Waals surface area contributed by atoms with E-state index in [1.54, 1.807) is 65.5 Å². The number of hydrogen-bond donors (Lipinski definition) is 5. The summed E-state index contributed by atoms with van der Waals surface area (Å²) in [5, 5.41) is 25.8. The average molecular weight is 596 g/mol. The van der Waals surface area contributed by atoms with Crippen LogP contribution in [-0.2, 0) is 9.59 Å². The molecular formula is C32H30FN7O4. The molecule has 12 heteroatoms. The first kappa shape index (κ1) is 28.6. The van der Waals surface area contributed by atoms with Crippen molar-refractivity contribution in [2.75, 3.05) is 16.0 Å². The quantitative estimate of drug-likeness (QED) is 0.170. The highest BCUT2D eigenvalue weighted by Gasteiger charge is 2.28. The molecule has 44 heavy (non-hydrogen) atoms. The number of allylic oxidation sites excluding steroid dienone is 3. The van der Waals surface area contributed by atoms with Crippen molar-refractivity contribution in [3.05, 3.63) is 102 Å². The van der Waals surface area contributed by atoms with Crippen LogP contribution in [0.3, 0.4) is 0 Å². The number of amides is 2. The zero-order valence-electron chi connectivity index (χ0n) is 23.5. The van der Waals surface area contributed by atoms with Crippen LogP contribution in [0.15, 0.2) is 90.8 Å². The third-order valence-electron chi connectivity index (χ3n) is 7.78. The lowest BCUT2D eigenvalue weighted by molar-refractivity contribution is -0.120. The number of Topliss-reactive ketones (excluding diaryl/α,β-unsaturated/α-hetero) is 1. The summed E-state index contributed by atoms with van der Waals surface area (Å²) < 4.78 is 15.0. The molecule has 2 aromatic heterocycles. The normalized spacial score (nSPS) is 19.7. The Hall–Kier alpha value is -5.52. The predicted octanol–water partition coefficient (Wildman–Crippen LogP) is 5.39. The van der Waals surface area contributed by atoms with Gasteiger partial charge in [-0.25, -0.2) is 18.7 Å². The molecule has 1 unspecified atom stereocenters. The zero-order chi connectivity index (χ0) is 30.6. The second-order valence-corrected chi connectivity index (χ2v) is 10.8. The molecule has 224 valence electrons. The number of aromatic nitrogens is 3. The molecule has 2 aliphatic rings. The summed E-state index contributed by atoms with van der Waals surface area (Å²) in [6.07, 6.45) is 10.4. The second kappa shape index (κ2) is 12.4. The minimum atomic E-state index is -0.995. The SMILES string of the molecule is O=C(O)N[C@H]1CC[C@H](Nc2cc(Nc3ccc(NC(=O)C4=CC=CC(c5ccc(F)cc5)C4=O)cc3)c3nccn3n2)CC1. The van der Waals surface area contributed by atoms with E-state index in [0.717, 1.165) is 37.1 Å². The fraction of sp³-hybridized carbons (Fsp3) is 0.219. The molecule has 6 rings (SSSR count). The highest BCUT2D eigenvalue weighted by atomic mass is 19.1. The van der Waals surface area contributed by atoms with Gasteiger partial charge in [-0.3, -0.25) is 9.59 Å². The number of halogens is 1. The van der Waals surface area contributed by atoms with Crippen molar-refractivity contribution < 1.29 is 23.9 Å². The van der Waals surface area contributed by atoms with E-state index in [9.17, 15) is 18.8 Å². The zero-order valence-corrected chi connectivity index (χ0v) is 23.5.